The fourth-order valence-corrected chi connectivity index (χ4v) is 6.98. The molecule has 0 atom stereocenters. The molecule has 0 saturated heterocycles. The Labute approximate surface area is 279 Å². The minimum absolute atomic E-state index is 0.863. The van der Waals surface area contributed by atoms with E-state index < -0.39 is 0 Å². The highest BCUT2D eigenvalue weighted by atomic mass is 16.3. The van der Waals surface area contributed by atoms with Crippen molar-refractivity contribution in [2.45, 2.75) is 0 Å². The first-order valence-electron chi connectivity index (χ1n) is 16.4. The fourth-order valence-electron chi connectivity index (χ4n) is 6.98. The molecule has 0 N–H and O–H groups in total. The van der Waals surface area contributed by atoms with Crippen LogP contribution < -0.4 is 4.90 Å². The number of fused-ring (bicyclic) bond motifs is 4. The van der Waals surface area contributed by atoms with E-state index in [4.69, 9.17) is 4.42 Å². The van der Waals surface area contributed by atoms with E-state index in [1.165, 1.54) is 38.6 Å². The minimum atomic E-state index is 0.863. The van der Waals surface area contributed by atoms with E-state index in [0.29, 0.717) is 0 Å². The minimum Gasteiger partial charge on any atom is -0.455 e. The third-order valence-electron chi connectivity index (χ3n) is 9.29. The van der Waals surface area contributed by atoms with Crippen LogP contribution in [0, 0.1) is 0 Å². The van der Waals surface area contributed by atoms with Crippen LogP contribution in [-0.4, -0.2) is 0 Å². The molecule has 226 valence electrons. The lowest BCUT2D eigenvalue weighted by molar-refractivity contribution is 0.670. The van der Waals surface area contributed by atoms with E-state index in [1.54, 1.807) is 0 Å². The highest BCUT2D eigenvalue weighted by Crippen LogP contribution is 2.45. The van der Waals surface area contributed by atoms with Crippen molar-refractivity contribution in [2.75, 3.05) is 4.90 Å². The molecular weight excluding hydrogens is 583 g/mol. The zero-order valence-electron chi connectivity index (χ0n) is 26.3. The number of benzene rings is 8. The van der Waals surface area contributed by atoms with Crippen LogP contribution >= 0.6 is 0 Å². The van der Waals surface area contributed by atoms with Crippen molar-refractivity contribution >= 4 is 49.8 Å². The average molecular weight is 614 g/mol. The van der Waals surface area contributed by atoms with Crippen LogP contribution in [0.25, 0.3) is 66.1 Å². The number of anilines is 3. The summed E-state index contributed by atoms with van der Waals surface area (Å²) in [6.45, 7) is 0. The molecule has 0 aliphatic carbocycles. The van der Waals surface area contributed by atoms with E-state index in [2.05, 4.69) is 193 Å². The Balaban J connectivity index is 1.24. The molecule has 0 bridgehead atoms. The third kappa shape index (κ3) is 4.83. The lowest BCUT2D eigenvalue weighted by atomic mass is 9.96. The normalized spacial score (nSPS) is 11.3. The molecule has 0 aliphatic heterocycles. The van der Waals surface area contributed by atoms with E-state index in [0.717, 1.165) is 44.6 Å². The molecule has 48 heavy (non-hydrogen) atoms. The predicted octanol–water partition coefficient (Wildman–Crippen LogP) is 13.2. The quantitative estimate of drug-likeness (QED) is 0.185. The van der Waals surface area contributed by atoms with Gasteiger partial charge in [0.25, 0.3) is 0 Å². The van der Waals surface area contributed by atoms with E-state index >= 15 is 0 Å². The second-order valence-electron chi connectivity index (χ2n) is 12.1. The summed E-state index contributed by atoms with van der Waals surface area (Å²) in [4.78, 5) is 2.35. The number of nitrogens with zero attached hydrogens (tertiary/aromatic N) is 1. The molecule has 2 nitrogen and oxygen atoms in total. The van der Waals surface area contributed by atoms with Crippen LogP contribution in [0.15, 0.2) is 192 Å². The zero-order valence-corrected chi connectivity index (χ0v) is 26.3. The molecule has 0 radical (unpaired) electrons. The number of hydrogen-bond acceptors (Lipinski definition) is 2. The third-order valence-corrected chi connectivity index (χ3v) is 9.29. The Morgan fingerprint density at radius 2 is 0.854 bits per heavy atom. The Morgan fingerprint density at radius 3 is 1.52 bits per heavy atom. The van der Waals surface area contributed by atoms with Gasteiger partial charge in [-0.1, -0.05) is 152 Å². The van der Waals surface area contributed by atoms with Crippen molar-refractivity contribution in [3.63, 3.8) is 0 Å². The largest absolute Gasteiger partial charge is 0.455 e. The standard InChI is InChI=1S/C46H31NO/c1-3-12-32(13-4-1)34-24-28-37(29-25-34)47(38-30-26-35(27-31-38)33-14-5-2-6-15-33)43-22-11-23-44-45(43)42-21-10-20-41(46(42)48-44)40-19-9-17-36-16-7-8-18-39(36)40/h1-31H. The molecule has 0 saturated carbocycles. The molecule has 0 unspecified atom stereocenters. The van der Waals surface area contributed by atoms with Crippen molar-refractivity contribution in [1.29, 1.82) is 0 Å². The van der Waals surface area contributed by atoms with Crippen molar-refractivity contribution in [3.05, 3.63) is 188 Å². The Bertz CT molecular complexity index is 2440. The first-order chi connectivity index (χ1) is 23.8. The van der Waals surface area contributed by atoms with Gasteiger partial charge in [-0.3, -0.25) is 0 Å². The lowest BCUT2D eigenvalue weighted by Gasteiger charge is -2.26. The predicted molar refractivity (Wildman–Crippen MR) is 202 cm³/mol. The smallest absolute Gasteiger partial charge is 0.143 e. The summed E-state index contributed by atoms with van der Waals surface area (Å²) < 4.78 is 6.78. The number of para-hydroxylation sites is 1. The maximum absolute atomic E-state index is 6.78. The summed E-state index contributed by atoms with van der Waals surface area (Å²) in [5.41, 5.74) is 12.0. The average Bonchev–Trinajstić information content (AvgIpc) is 3.56. The molecule has 9 aromatic rings. The van der Waals surface area contributed by atoms with E-state index in [9.17, 15) is 0 Å². The summed E-state index contributed by atoms with van der Waals surface area (Å²) in [6, 6.07) is 66.7. The first kappa shape index (κ1) is 27.9. The van der Waals surface area contributed by atoms with Crippen LogP contribution in [0.2, 0.25) is 0 Å². The molecule has 1 aromatic heterocycles. The Morgan fingerprint density at radius 1 is 0.354 bits per heavy atom. The first-order valence-corrected chi connectivity index (χ1v) is 16.4. The highest BCUT2D eigenvalue weighted by Gasteiger charge is 2.21. The second-order valence-corrected chi connectivity index (χ2v) is 12.1. The summed E-state index contributed by atoms with van der Waals surface area (Å²) >= 11 is 0. The van der Waals surface area contributed by atoms with Gasteiger partial charge in [-0.2, -0.15) is 0 Å². The Hall–Kier alpha value is -6.38. The number of furan rings is 1. The van der Waals surface area contributed by atoms with Gasteiger partial charge >= 0.3 is 0 Å². The molecule has 0 fully saturated rings. The van der Waals surface area contributed by atoms with Gasteiger partial charge in [0.15, 0.2) is 0 Å². The molecule has 9 rings (SSSR count). The maximum atomic E-state index is 6.78. The van der Waals surface area contributed by atoms with Crippen LogP contribution in [-0.2, 0) is 0 Å². The van der Waals surface area contributed by atoms with Gasteiger partial charge in [-0.25, -0.2) is 0 Å². The zero-order chi connectivity index (χ0) is 31.9. The summed E-state index contributed by atoms with van der Waals surface area (Å²) in [5, 5.41) is 4.62. The Kier molecular flexibility index (Phi) is 6.84. The van der Waals surface area contributed by atoms with Gasteiger partial charge in [0, 0.05) is 22.3 Å². The lowest BCUT2D eigenvalue weighted by Crippen LogP contribution is -2.10. The van der Waals surface area contributed by atoms with Gasteiger partial charge in [-0.15, -0.1) is 0 Å². The van der Waals surface area contributed by atoms with Gasteiger partial charge < -0.3 is 9.32 Å². The SMILES string of the molecule is c1ccc(-c2ccc(N(c3ccc(-c4ccccc4)cc3)c3cccc4oc5c(-c6cccc7ccccc67)cccc5c34)cc2)cc1. The van der Waals surface area contributed by atoms with E-state index in [-0.39, 0.29) is 0 Å². The molecule has 0 amide bonds. The summed E-state index contributed by atoms with van der Waals surface area (Å²) in [6.07, 6.45) is 0. The van der Waals surface area contributed by atoms with Crippen molar-refractivity contribution in [2.24, 2.45) is 0 Å². The fraction of sp³-hybridized carbons (Fsp3) is 0. The van der Waals surface area contributed by atoms with Crippen LogP contribution in [0.1, 0.15) is 0 Å². The van der Waals surface area contributed by atoms with Crippen LogP contribution in [0.4, 0.5) is 17.1 Å². The summed E-state index contributed by atoms with van der Waals surface area (Å²) in [5.74, 6) is 0. The van der Waals surface area contributed by atoms with E-state index in [1.807, 2.05) is 0 Å². The van der Waals surface area contributed by atoms with Crippen molar-refractivity contribution in [3.8, 4) is 33.4 Å². The topological polar surface area (TPSA) is 16.4 Å². The molecule has 1 heterocycles. The maximum Gasteiger partial charge on any atom is 0.143 e. The second kappa shape index (κ2) is 11.8. The molecule has 0 aliphatic rings. The molecular formula is C46H31NO. The van der Waals surface area contributed by atoms with Crippen molar-refractivity contribution in [1.82, 2.24) is 0 Å². The van der Waals surface area contributed by atoms with Crippen LogP contribution in [0.3, 0.4) is 0 Å². The van der Waals surface area contributed by atoms with Gasteiger partial charge in [0.05, 0.1) is 11.1 Å². The van der Waals surface area contributed by atoms with Crippen LogP contribution in [0.5, 0.6) is 0 Å². The van der Waals surface area contributed by atoms with Gasteiger partial charge in [-0.05, 0) is 75.0 Å². The molecule has 2 heteroatoms. The monoisotopic (exact) mass is 613 g/mol. The molecule has 8 aromatic carbocycles. The van der Waals surface area contributed by atoms with Gasteiger partial charge in [0.1, 0.15) is 11.2 Å². The number of hydrogen-bond donors (Lipinski definition) is 0. The molecule has 0 spiro atoms. The highest BCUT2D eigenvalue weighted by molar-refractivity contribution is 6.17. The van der Waals surface area contributed by atoms with Crippen molar-refractivity contribution < 1.29 is 4.42 Å². The summed E-state index contributed by atoms with van der Waals surface area (Å²) in [7, 11) is 0. The van der Waals surface area contributed by atoms with Gasteiger partial charge in [0.2, 0.25) is 0 Å². The number of rotatable bonds is 6.